The number of hydrogen-bond acceptors (Lipinski definition) is 6. The Labute approximate surface area is 116 Å². The summed E-state index contributed by atoms with van der Waals surface area (Å²) in [6, 6.07) is 3.25. The van der Waals surface area contributed by atoms with E-state index in [-0.39, 0.29) is 11.9 Å². The van der Waals surface area contributed by atoms with Crippen LogP contribution in [0.25, 0.3) is 0 Å². The van der Waals surface area contributed by atoms with Crippen LogP contribution in [0, 0.1) is 4.91 Å². The molecule has 1 aliphatic heterocycles. The van der Waals surface area contributed by atoms with E-state index in [1.807, 2.05) is 0 Å². The highest BCUT2D eigenvalue weighted by molar-refractivity contribution is 5.85. The van der Waals surface area contributed by atoms with E-state index in [1.165, 1.54) is 14.0 Å². The number of nitrogens with zero attached hydrogens (tertiary/aromatic N) is 2. The Morgan fingerprint density at radius 2 is 2.25 bits per heavy atom. The molecule has 0 aromatic heterocycles. The van der Waals surface area contributed by atoms with Crippen molar-refractivity contribution in [2.75, 3.05) is 26.1 Å². The Hall–Kier alpha value is -2.15. The highest BCUT2D eigenvalue weighted by Crippen LogP contribution is 2.37. The first-order chi connectivity index (χ1) is 9.63. The lowest BCUT2D eigenvalue weighted by Crippen LogP contribution is -2.16. The summed E-state index contributed by atoms with van der Waals surface area (Å²) < 4.78 is 16.3. The van der Waals surface area contributed by atoms with Crippen LogP contribution in [0.1, 0.15) is 13.3 Å². The fourth-order valence-electron chi connectivity index (χ4n) is 1.89. The van der Waals surface area contributed by atoms with Gasteiger partial charge in [-0.3, -0.25) is 0 Å². The topological polar surface area (TPSA) is 95.5 Å². The molecule has 0 amide bonds. The minimum atomic E-state index is -0.00368. The van der Waals surface area contributed by atoms with E-state index in [4.69, 9.17) is 19.9 Å². The van der Waals surface area contributed by atoms with Crippen LogP contribution in [0.4, 0.5) is 11.4 Å². The van der Waals surface area contributed by atoms with Crippen LogP contribution in [-0.4, -0.2) is 32.3 Å². The van der Waals surface area contributed by atoms with Crippen LogP contribution in [0.5, 0.6) is 11.5 Å². The summed E-state index contributed by atoms with van der Waals surface area (Å²) in [7, 11) is 1.53. The first kappa shape index (κ1) is 14.3. The molecule has 1 fully saturated rings. The third kappa shape index (κ3) is 3.24. The van der Waals surface area contributed by atoms with E-state index in [9.17, 15) is 4.91 Å². The predicted octanol–water partition coefficient (Wildman–Crippen LogP) is 2.26. The lowest BCUT2D eigenvalue weighted by molar-refractivity contribution is 0.139. The van der Waals surface area contributed by atoms with Gasteiger partial charge in [0, 0.05) is 18.6 Å². The number of hydrogen-bond donors (Lipinski definition) is 1. The molecule has 1 aliphatic rings. The van der Waals surface area contributed by atoms with Gasteiger partial charge in [0.1, 0.15) is 6.10 Å². The summed E-state index contributed by atoms with van der Waals surface area (Å²) in [5, 5.41) is 2.74. The molecular weight excluding hydrogens is 262 g/mol. The van der Waals surface area contributed by atoms with Gasteiger partial charge in [-0.15, -0.1) is 4.91 Å². The maximum Gasteiger partial charge on any atom is 0.170 e. The molecule has 108 valence electrons. The fourth-order valence-corrected chi connectivity index (χ4v) is 1.89. The molecule has 0 unspecified atom stereocenters. The van der Waals surface area contributed by atoms with E-state index < -0.39 is 0 Å². The third-order valence-electron chi connectivity index (χ3n) is 2.91. The molecule has 1 atom stereocenters. The van der Waals surface area contributed by atoms with E-state index in [2.05, 4.69) is 10.2 Å². The van der Waals surface area contributed by atoms with Crippen molar-refractivity contribution in [3.63, 3.8) is 0 Å². The quantitative estimate of drug-likeness (QED) is 0.395. The summed E-state index contributed by atoms with van der Waals surface area (Å²) in [6.45, 7) is 2.74. The number of rotatable bonds is 4. The maximum absolute atomic E-state index is 10.4. The Kier molecular flexibility index (Phi) is 4.52. The molecule has 1 heterocycles. The summed E-state index contributed by atoms with van der Waals surface area (Å²) >= 11 is 0. The standard InChI is InChI=1S/C13H17N3O4/c1-8(16-17)15-11-6-12(18-2)13(5-10(11)14)20-9-3-4-19-7-9/h5-6,9H,3-4,7,14H2,1-2H3/t9-/m0/s1. The van der Waals surface area contributed by atoms with Crippen molar-refractivity contribution >= 4 is 17.2 Å². The first-order valence-electron chi connectivity index (χ1n) is 6.24. The molecule has 1 saturated heterocycles. The zero-order valence-electron chi connectivity index (χ0n) is 11.5. The number of nitroso groups, excluding NO2 is 1. The van der Waals surface area contributed by atoms with Crippen molar-refractivity contribution in [2.24, 2.45) is 10.2 Å². The van der Waals surface area contributed by atoms with Crippen LogP contribution in [0.15, 0.2) is 22.3 Å². The summed E-state index contributed by atoms with van der Waals surface area (Å²) in [5.74, 6) is 1.14. The molecule has 2 N–H and O–H groups in total. The molecule has 7 heteroatoms. The van der Waals surface area contributed by atoms with E-state index in [1.54, 1.807) is 12.1 Å². The van der Waals surface area contributed by atoms with Crippen molar-refractivity contribution in [2.45, 2.75) is 19.4 Å². The number of amidine groups is 1. The van der Waals surface area contributed by atoms with Crippen molar-refractivity contribution in [3.8, 4) is 11.5 Å². The SMILES string of the molecule is COc1cc(N=C(C)N=O)c(N)cc1O[C@H]1CCOC1. The smallest absolute Gasteiger partial charge is 0.170 e. The maximum atomic E-state index is 10.4. The minimum Gasteiger partial charge on any atom is -0.493 e. The van der Waals surface area contributed by atoms with Gasteiger partial charge in [0.25, 0.3) is 0 Å². The summed E-state index contributed by atoms with van der Waals surface area (Å²) in [6.07, 6.45) is 0.827. The Morgan fingerprint density at radius 3 is 2.85 bits per heavy atom. The predicted molar refractivity (Wildman–Crippen MR) is 75.8 cm³/mol. The van der Waals surface area contributed by atoms with Crippen molar-refractivity contribution in [3.05, 3.63) is 17.0 Å². The molecule has 20 heavy (non-hydrogen) atoms. The number of benzene rings is 1. The third-order valence-corrected chi connectivity index (χ3v) is 2.91. The van der Waals surface area contributed by atoms with Crippen LogP contribution in [0.2, 0.25) is 0 Å². The van der Waals surface area contributed by atoms with Gasteiger partial charge in [0.2, 0.25) is 0 Å². The first-order valence-corrected chi connectivity index (χ1v) is 6.24. The van der Waals surface area contributed by atoms with Crippen LogP contribution < -0.4 is 15.2 Å². The van der Waals surface area contributed by atoms with Crippen molar-refractivity contribution in [1.82, 2.24) is 0 Å². The fraction of sp³-hybridized carbons (Fsp3) is 0.462. The lowest BCUT2D eigenvalue weighted by atomic mass is 10.2. The van der Waals surface area contributed by atoms with Gasteiger partial charge < -0.3 is 19.9 Å². The molecule has 0 spiro atoms. The molecule has 0 aliphatic carbocycles. The van der Waals surface area contributed by atoms with Gasteiger partial charge in [-0.1, -0.05) is 0 Å². The summed E-state index contributed by atoms with van der Waals surface area (Å²) in [4.78, 5) is 14.4. The van der Waals surface area contributed by atoms with Gasteiger partial charge in [-0.25, -0.2) is 4.99 Å². The Balaban J connectivity index is 2.29. The molecule has 0 radical (unpaired) electrons. The zero-order valence-corrected chi connectivity index (χ0v) is 11.5. The average Bonchev–Trinajstić information content (AvgIpc) is 2.94. The number of nitrogens with two attached hydrogens (primary N) is 1. The Bertz CT molecular complexity index is 525. The highest BCUT2D eigenvalue weighted by Gasteiger charge is 2.20. The van der Waals surface area contributed by atoms with E-state index >= 15 is 0 Å². The molecular formula is C13H17N3O4. The second kappa shape index (κ2) is 6.33. The monoisotopic (exact) mass is 279 g/mol. The molecule has 1 aromatic rings. The van der Waals surface area contributed by atoms with E-state index in [0.29, 0.717) is 36.1 Å². The van der Waals surface area contributed by atoms with Gasteiger partial charge in [-0.2, -0.15) is 0 Å². The van der Waals surface area contributed by atoms with Crippen molar-refractivity contribution < 1.29 is 14.2 Å². The van der Waals surface area contributed by atoms with Crippen LogP contribution in [-0.2, 0) is 4.74 Å². The van der Waals surface area contributed by atoms with Gasteiger partial charge in [-0.05, 0) is 12.1 Å². The number of methoxy groups -OCH3 is 1. The molecule has 7 nitrogen and oxygen atoms in total. The number of ether oxygens (including phenoxy) is 3. The van der Waals surface area contributed by atoms with Crippen molar-refractivity contribution in [1.29, 1.82) is 0 Å². The molecule has 0 bridgehead atoms. The van der Waals surface area contributed by atoms with Gasteiger partial charge in [0.05, 0.1) is 31.7 Å². The second-order valence-corrected chi connectivity index (χ2v) is 4.42. The van der Waals surface area contributed by atoms with Crippen LogP contribution in [0.3, 0.4) is 0 Å². The van der Waals surface area contributed by atoms with Crippen LogP contribution >= 0.6 is 0 Å². The molecule has 0 saturated carbocycles. The lowest BCUT2D eigenvalue weighted by Gasteiger charge is -2.16. The largest absolute Gasteiger partial charge is 0.493 e. The highest BCUT2D eigenvalue weighted by atomic mass is 16.6. The number of nitrogen functional groups attached to an aromatic ring is 1. The van der Waals surface area contributed by atoms with Gasteiger partial charge in [0.15, 0.2) is 17.3 Å². The zero-order chi connectivity index (χ0) is 14.5. The number of anilines is 1. The Morgan fingerprint density at radius 1 is 1.45 bits per heavy atom. The second-order valence-electron chi connectivity index (χ2n) is 4.42. The molecule has 1 aromatic carbocycles. The average molecular weight is 279 g/mol. The molecule has 2 rings (SSSR count). The minimum absolute atomic E-state index is 0.00368. The summed E-state index contributed by atoms with van der Waals surface area (Å²) in [5.41, 5.74) is 6.72. The normalized spacial score (nSPS) is 18.9. The number of aliphatic imine (C=N–C) groups is 1. The van der Waals surface area contributed by atoms with Gasteiger partial charge >= 0.3 is 0 Å². The van der Waals surface area contributed by atoms with E-state index in [0.717, 1.165) is 6.42 Å².